The van der Waals surface area contributed by atoms with Crippen LogP contribution in [0.2, 0.25) is 10.0 Å². The van der Waals surface area contributed by atoms with Crippen molar-refractivity contribution in [2.24, 2.45) is 0 Å². The van der Waals surface area contributed by atoms with Gasteiger partial charge >= 0.3 is 0 Å². The van der Waals surface area contributed by atoms with Gasteiger partial charge in [-0.05, 0) is 34.7 Å². The number of carbonyl (C=O) groups is 1. The smallest absolute Gasteiger partial charge is 0.225 e. The van der Waals surface area contributed by atoms with Crippen molar-refractivity contribution >= 4 is 61.5 Å². The number of benzene rings is 3. The summed E-state index contributed by atoms with van der Waals surface area (Å²) in [6.07, 6.45) is 0.385. The van der Waals surface area contributed by atoms with E-state index in [1.54, 1.807) is 6.07 Å². The molecule has 3 aromatic carbocycles. The molecule has 3 aromatic rings. The standard InChI is InChI=1S/C19H12BrCl2NO/c20-15-8-14-13(10-5-6-16(21)17(22)7-10)9-18(24)23-19(14)12-4-2-1-3-11(12)15/h1-8,13H,9H2,(H,23,24). The van der Waals surface area contributed by atoms with Crippen molar-refractivity contribution in [3.8, 4) is 0 Å². The van der Waals surface area contributed by atoms with Crippen molar-refractivity contribution in [1.82, 2.24) is 0 Å². The van der Waals surface area contributed by atoms with Crippen LogP contribution in [0.3, 0.4) is 0 Å². The van der Waals surface area contributed by atoms with E-state index in [-0.39, 0.29) is 11.8 Å². The van der Waals surface area contributed by atoms with Crippen LogP contribution >= 0.6 is 39.1 Å². The van der Waals surface area contributed by atoms with E-state index in [1.165, 1.54) is 0 Å². The maximum Gasteiger partial charge on any atom is 0.225 e. The lowest BCUT2D eigenvalue weighted by Gasteiger charge is -2.28. The van der Waals surface area contributed by atoms with Gasteiger partial charge in [0.05, 0.1) is 15.7 Å². The third-order valence-electron chi connectivity index (χ3n) is 4.40. The Hall–Kier alpha value is -1.55. The maximum atomic E-state index is 12.3. The Bertz CT molecular complexity index is 987. The molecule has 0 spiro atoms. The highest BCUT2D eigenvalue weighted by molar-refractivity contribution is 9.10. The van der Waals surface area contributed by atoms with E-state index in [9.17, 15) is 4.79 Å². The molecular formula is C19H12BrCl2NO. The summed E-state index contributed by atoms with van der Waals surface area (Å²) in [5.74, 6) is -0.0459. The number of nitrogens with one attached hydrogen (secondary N) is 1. The van der Waals surface area contributed by atoms with E-state index >= 15 is 0 Å². The third-order valence-corrected chi connectivity index (χ3v) is 5.80. The summed E-state index contributed by atoms with van der Waals surface area (Å²) >= 11 is 15.9. The number of rotatable bonds is 1. The van der Waals surface area contributed by atoms with E-state index in [0.29, 0.717) is 16.5 Å². The number of hydrogen-bond donors (Lipinski definition) is 1. The van der Waals surface area contributed by atoms with E-state index in [4.69, 9.17) is 23.2 Å². The van der Waals surface area contributed by atoms with Crippen LogP contribution in [0, 0.1) is 0 Å². The van der Waals surface area contributed by atoms with Crippen molar-refractivity contribution in [2.75, 3.05) is 5.32 Å². The predicted octanol–water partition coefficient (Wildman–Crippen LogP) is 6.38. The second-order valence-corrected chi connectivity index (χ2v) is 7.52. The van der Waals surface area contributed by atoms with Crippen molar-refractivity contribution in [3.63, 3.8) is 0 Å². The van der Waals surface area contributed by atoms with Crippen LogP contribution in [0.4, 0.5) is 5.69 Å². The lowest BCUT2D eigenvalue weighted by Crippen LogP contribution is -2.23. The van der Waals surface area contributed by atoms with Crippen molar-refractivity contribution in [2.45, 2.75) is 12.3 Å². The maximum absolute atomic E-state index is 12.3. The molecule has 1 N–H and O–H groups in total. The molecule has 2 nitrogen and oxygen atoms in total. The topological polar surface area (TPSA) is 29.1 Å². The second kappa shape index (κ2) is 6.07. The fraction of sp³-hybridized carbons (Fsp3) is 0.105. The Kier molecular flexibility index (Phi) is 4.03. The molecule has 0 aliphatic carbocycles. The molecule has 5 heteroatoms. The molecule has 0 bridgehead atoms. The van der Waals surface area contributed by atoms with Crippen LogP contribution in [0.5, 0.6) is 0 Å². The first-order valence-corrected chi connectivity index (χ1v) is 9.05. The van der Waals surface area contributed by atoms with Gasteiger partial charge in [-0.1, -0.05) is 69.5 Å². The largest absolute Gasteiger partial charge is 0.325 e. The molecule has 0 fully saturated rings. The minimum absolute atomic E-state index is 0.00560. The monoisotopic (exact) mass is 419 g/mol. The fourth-order valence-corrected chi connectivity index (χ4v) is 4.18. The van der Waals surface area contributed by atoms with Crippen LogP contribution in [0.15, 0.2) is 53.0 Å². The molecule has 1 amide bonds. The van der Waals surface area contributed by atoms with E-state index < -0.39 is 0 Å². The Morgan fingerprint density at radius 2 is 1.75 bits per heavy atom. The summed E-state index contributed by atoms with van der Waals surface area (Å²) in [5.41, 5.74) is 2.95. The summed E-state index contributed by atoms with van der Waals surface area (Å²) in [6, 6.07) is 15.7. The lowest BCUT2D eigenvalue weighted by molar-refractivity contribution is -0.116. The zero-order valence-corrected chi connectivity index (χ0v) is 15.5. The van der Waals surface area contributed by atoms with Gasteiger partial charge in [0.15, 0.2) is 0 Å². The number of amides is 1. The molecule has 1 heterocycles. The van der Waals surface area contributed by atoms with Crippen LogP contribution in [0.25, 0.3) is 10.8 Å². The lowest BCUT2D eigenvalue weighted by atomic mass is 9.83. The average Bonchev–Trinajstić information content (AvgIpc) is 2.58. The van der Waals surface area contributed by atoms with Gasteiger partial charge in [0.2, 0.25) is 5.91 Å². The van der Waals surface area contributed by atoms with Crippen molar-refractivity contribution in [3.05, 3.63) is 74.2 Å². The first-order chi connectivity index (χ1) is 11.5. The summed E-state index contributed by atoms with van der Waals surface area (Å²) in [6.45, 7) is 0. The van der Waals surface area contributed by atoms with Gasteiger partial charge in [-0.2, -0.15) is 0 Å². The van der Waals surface area contributed by atoms with Crippen LogP contribution in [0.1, 0.15) is 23.5 Å². The molecule has 0 aromatic heterocycles. The van der Waals surface area contributed by atoms with Crippen LogP contribution in [-0.2, 0) is 4.79 Å². The fourth-order valence-electron chi connectivity index (χ4n) is 3.28. The zero-order chi connectivity index (χ0) is 16.8. The number of carbonyl (C=O) groups excluding carboxylic acids is 1. The molecule has 0 radical (unpaired) electrons. The molecule has 120 valence electrons. The molecule has 1 unspecified atom stereocenters. The number of halogens is 3. The number of fused-ring (bicyclic) bond motifs is 3. The zero-order valence-electron chi connectivity index (χ0n) is 12.4. The first kappa shape index (κ1) is 15.9. The second-order valence-electron chi connectivity index (χ2n) is 5.85. The van der Waals surface area contributed by atoms with E-state index in [0.717, 1.165) is 32.1 Å². The minimum atomic E-state index is -0.0515. The van der Waals surface area contributed by atoms with Gasteiger partial charge in [0.25, 0.3) is 0 Å². The van der Waals surface area contributed by atoms with Gasteiger partial charge in [0, 0.05) is 22.2 Å². The predicted molar refractivity (Wildman–Crippen MR) is 103 cm³/mol. The van der Waals surface area contributed by atoms with Crippen LogP contribution in [-0.4, -0.2) is 5.91 Å². The Morgan fingerprint density at radius 1 is 1.00 bits per heavy atom. The van der Waals surface area contributed by atoms with Gasteiger partial charge in [-0.3, -0.25) is 4.79 Å². The quantitative estimate of drug-likeness (QED) is 0.485. The summed E-state index contributed by atoms with van der Waals surface area (Å²) < 4.78 is 1.01. The van der Waals surface area contributed by atoms with Crippen molar-refractivity contribution in [1.29, 1.82) is 0 Å². The number of hydrogen-bond acceptors (Lipinski definition) is 1. The number of anilines is 1. The highest BCUT2D eigenvalue weighted by Gasteiger charge is 2.29. The van der Waals surface area contributed by atoms with Crippen LogP contribution < -0.4 is 5.32 Å². The molecule has 1 aliphatic rings. The Labute approximate surface area is 157 Å². The average molecular weight is 421 g/mol. The molecular weight excluding hydrogens is 409 g/mol. The van der Waals surface area contributed by atoms with Gasteiger partial charge in [0.1, 0.15) is 0 Å². The molecule has 1 aliphatic heterocycles. The van der Waals surface area contributed by atoms with E-state index in [2.05, 4.69) is 27.3 Å². The van der Waals surface area contributed by atoms with Gasteiger partial charge in [-0.15, -0.1) is 0 Å². The highest BCUT2D eigenvalue weighted by atomic mass is 79.9. The van der Waals surface area contributed by atoms with Gasteiger partial charge < -0.3 is 5.32 Å². The summed E-state index contributed by atoms with van der Waals surface area (Å²) in [5, 5.41) is 6.16. The summed E-state index contributed by atoms with van der Waals surface area (Å²) in [7, 11) is 0. The molecule has 0 saturated carbocycles. The Morgan fingerprint density at radius 3 is 2.50 bits per heavy atom. The highest BCUT2D eigenvalue weighted by Crippen LogP contribution is 2.44. The SMILES string of the molecule is O=C1CC(c2ccc(Cl)c(Cl)c2)c2cc(Br)c3ccccc3c2N1. The summed E-state index contributed by atoms with van der Waals surface area (Å²) in [4.78, 5) is 12.3. The normalized spacial score (nSPS) is 16.8. The molecule has 4 rings (SSSR count). The first-order valence-electron chi connectivity index (χ1n) is 7.50. The van der Waals surface area contributed by atoms with Crippen molar-refractivity contribution < 1.29 is 4.79 Å². The third kappa shape index (κ3) is 2.61. The van der Waals surface area contributed by atoms with Gasteiger partial charge in [-0.25, -0.2) is 0 Å². The molecule has 24 heavy (non-hydrogen) atoms. The van der Waals surface area contributed by atoms with E-state index in [1.807, 2.05) is 36.4 Å². The minimum Gasteiger partial charge on any atom is -0.325 e. The Balaban J connectivity index is 1.97. The molecule has 1 atom stereocenters. The molecule has 0 saturated heterocycles.